The molecule has 21 heavy (non-hydrogen) atoms. The standard InChI is InChI=1S/C17H33N3O/c1-20(15-7-3-4-8-15)12-11-19-16(21)13-17(14-18)9-5-2-6-10-17/h15H,2-14,18H2,1H3,(H,19,21). The normalized spacial score (nSPS) is 22.6. The second kappa shape index (κ2) is 8.14. The van der Waals surface area contributed by atoms with Gasteiger partial charge in [0.05, 0.1) is 0 Å². The van der Waals surface area contributed by atoms with E-state index in [1.165, 1.54) is 44.9 Å². The van der Waals surface area contributed by atoms with E-state index in [4.69, 9.17) is 5.73 Å². The summed E-state index contributed by atoms with van der Waals surface area (Å²) in [5.74, 6) is 0.196. The Bertz CT molecular complexity index is 320. The van der Waals surface area contributed by atoms with E-state index >= 15 is 0 Å². The third kappa shape index (κ3) is 4.96. The Morgan fingerprint density at radius 3 is 2.48 bits per heavy atom. The van der Waals surface area contributed by atoms with E-state index in [-0.39, 0.29) is 11.3 Å². The van der Waals surface area contributed by atoms with Crippen LogP contribution in [0, 0.1) is 5.41 Å². The summed E-state index contributed by atoms with van der Waals surface area (Å²) < 4.78 is 0. The van der Waals surface area contributed by atoms with Crippen LogP contribution in [0.15, 0.2) is 0 Å². The van der Waals surface area contributed by atoms with Crippen molar-refractivity contribution in [2.75, 3.05) is 26.7 Å². The SMILES string of the molecule is CN(CCNC(=O)CC1(CN)CCCCC1)C1CCCC1. The molecule has 0 aromatic heterocycles. The molecular weight excluding hydrogens is 262 g/mol. The molecule has 0 saturated heterocycles. The molecule has 0 aromatic carbocycles. The summed E-state index contributed by atoms with van der Waals surface area (Å²) in [6.45, 7) is 2.39. The molecule has 2 saturated carbocycles. The summed E-state index contributed by atoms with van der Waals surface area (Å²) in [6, 6.07) is 0.732. The number of rotatable bonds is 7. The number of nitrogens with zero attached hydrogens (tertiary/aromatic N) is 1. The van der Waals surface area contributed by atoms with Crippen LogP contribution in [0.3, 0.4) is 0 Å². The maximum Gasteiger partial charge on any atom is 0.220 e. The second-order valence-electron chi connectivity index (χ2n) is 7.21. The minimum Gasteiger partial charge on any atom is -0.355 e. The lowest BCUT2D eigenvalue weighted by Crippen LogP contribution is -2.41. The summed E-state index contributed by atoms with van der Waals surface area (Å²) in [5.41, 5.74) is 6.04. The van der Waals surface area contributed by atoms with E-state index in [2.05, 4.69) is 17.3 Å². The van der Waals surface area contributed by atoms with E-state index < -0.39 is 0 Å². The third-order valence-corrected chi connectivity index (χ3v) is 5.62. The lowest BCUT2D eigenvalue weighted by Gasteiger charge is -2.35. The Labute approximate surface area is 129 Å². The van der Waals surface area contributed by atoms with Gasteiger partial charge in [-0.2, -0.15) is 0 Å². The fourth-order valence-electron chi connectivity index (χ4n) is 4.06. The molecule has 1 amide bonds. The molecule has 0 spiro atoms. The van der Waals surface area contributed by atoms with E-state index in [1.807, 2.05) is 0 Å². The quantitative estimate of drug-likeness (QED) is 0.757. The van der Waals surface area contributed by atoms with Gasteiger partial charge < -0.3 is 16.0 Å². The van der Waals surface area contributed by atoms with Crippen molar-refractivity contribution in [1.29, 1.82) is 0 Å². The first kappa shape index (κ1) is 16.8. The summed E-state index contributed by atoms with van der Waals surface area (Å²) in [7, 11) is 2.19. The Balaban J connectivity index is 1.66. The zero-order valence-electron chi connectivity index (χ0n) is 13.7. The fraction of sp³-hybridized carbons (Fsp3) is 0.941. The van der Waals surface area contributed by atoms with Crippen LogP contribution in [0.25, 0.3) is 0 Å². The molecule has 4 nitrogen and oxygen atoms in total. The van der Waals surface area contributed by atoms with Crippen molar-refractivity contribution in [3.63, 3.8) is 0 Å². The Morgan fingerprint density at radius 1 is 1.19 bits per heavy atom. The molecule has 2 rings (SSSR count). The predicted molar refractivity (Wildman–Crippen MR) is 87.1 cm³/mol. The highest BCUT2D eigenvalue weighted by atomic mass is 16.1. The zero-order valence-corrected chi connectivity index (χ0v) is 13.7. The van der Waals surface area contributed by atoms with Crippen LogP contribution in [0.1, 0.15) is 64.2 Å². The molecule has 0 heterocycles. The first-order valence-electron chi connectivity index (χ1n) is 8.82. The van der Waals surface area contributed by atoms with Gasteiger partial charge in [-0.3, -0.25) is 4.79 Å². The van der Waals surface area contributed by atoms with Gasteiger partial charge in [0.25, 0.3) is 0 Å². The monoisotopic (exact) mass is 295 g/mol. The Hall–Kier alpha value is -0.610. The zero-order chi connectivity index (χ0) is 15.1. The number of carbonyl (C=O) groups is 1. The van der Waals surface area contributed by atoms with Crippen LogP contribution in [0.4, 0.5) is 0 Å². The summed E-state index contributed by atoms with van der Waals surface area (Å²) in [5, 5.41) is 3.11. The van der Waals surface area contributed by atoms with Crippen LogP contribution >= 0.6 is 0 Å². The highest BCUT2D eigenvalue weighted by Crippen LogP contribution is 2.38. The maximum absolute atomic E-state index is 12.2. The minimum atomic E-state index is 0.0830. The van der Waals surface area contributed by atoms with Gasteiger partial charge in [-0.15, -0.1) is 0 Å². The second-order valence-corrected chi connectivity index (χ2v) is 7.21. The van der Waals surface area contributed by atoms with E-state index in [9.17, 15) is 4.79 Å². The Kier molecular flexibility index (Phi) is 6.49. The van der Waals surface area contributed by atoms with Crippen LogP contribution in [-0.2, 0) is 4.79 Å². The molecule has 122 valence electrons. The molecule has 2 aliphatic carbocycles. The molecule has 0 bridgehead atoms. The number of nitrogens with one attached hydrogen (secondary N) is 1. The van der Waals surface area contributed by atoms with Crippen molar-refractivity contribution in [2.24, 2.45) is 11.1 Å². The van der Waals surface area contributed by atoms with Crippen LogP contribution in [0.2, 0.25) is 0 Å². The minimum absolute atomic E-state index is 0.0830. The third-order valence-electron chi connectivity index (χ3n) is 5.62. The highest BCUT2D eigenvalue weighted by Gasteiger charge is 2.32. The van der Waals surface area contributed by atoms with E-state index in [0.29, 0.717) is 13.0 Å². The van der Waals surface area contributed by atoms with Crippen molar-refractivity contribution in [3.05, 3.63) is 0 Å². The van der Waals surface area contributed by atoms with Gasteiger partial charge in [0.1, 0.15) is 0 Å². The van der Waals surface area contributed by atoms with Crippen molar-refractivity contribution < 1.29 is 4.79 Å². The molecule has 2 aliphatic rings. The topological polar surface area (TPSA) is 58.4 Å². The molecule has 0 unspecified atom stereocenters. The summed E-state index contributed by atoms with van der Waals surface area (Å²) in [6.07, 6.45) is 12.0. The maximum atomic E-state index is 12.2. The summed E-state index contributed by atoms with van der Waals surface area (Å²) in [4.78, 5) is 14.6. The van der Waals surface area contributed by atoms with Crippen molar-refractivity contribution in [1.82, 2.24) is 10.2 Å². The lowest BCUT2D eigenvalue weighted by atomic mass is 9.71. The van der Waals surface area contributed by atoms with Gasteiger partial charge in [0.2, 0.25) is 5.91 Å². The van der Waals surface area contributed by atoms with Gasteiger partial charge >= 0.3 is 0 Å². The fourth-order valence-corrected chi connectivity index (χ4v) is 4.06. The molecule has 0 atom stereocenters. The van der Waals surface area contributed by atoms with Gasteiger partial charge in [0, 0.05) is 25.6 Å². The molecule has 4 heteroatoms. The molecule has 0 radical (unpaired) electrons. The average molecular weight is 295 g/mol. The van der Waals surface area contributed by atoms with E-state index in [0.717, 1.165) is 32.0 Å². The number of amides is 1. The Morgan fingerprint density at radius 2 is 1.86 bits per heavy atom. The van der Waals surface area contributed by atoms with Gasteiger partial charge in [0.15, 0.2) is 0 Å². The number of nitrogens with two attached hydrogens (primary N) is 1. The van der Waals surface area contributed by atoms with Crippen molar-refractivity contribution >= 4 is 5.91 Å². The molecule has 0 aromatic rings. The number of carbonyl (C=O) groups excluding carboxylic acids is 1. The first-order valence-corrected chi connectivity index (χ1v) is 8.82. The number of hydrogen-bond donors (Lipinski definition) is 2. The molecule has 2 fully saturated rings. The molecule has 0 aliphatic heterocycles. The predicted octanol–water partition coefficient (Wildman–Crippen LogP) is 2.28. The summed E-state index contributed by atoms with van der Waals surface area (Å²) >= 11 is 0. The number of hydrogen-bond acceptors (Lipinski definition) is 3. The van der Waals surface area contributed by atoms with Gasteiger partial charge in [-0.25, -0.2) is 0 Å². The van der Waals surface area contributed by atoms with Crippen LogP contribution in [-0.4, -0.2) is 43.5 Å². The first-order chi connectivity index (χ1) is 10.2. The average Bonchev–Trinajstić information content (AvgIpc) is 3.02. The lowest BCUT2D eigenvalue weighted by molar-refractivity contribution is -0.123. The largest absolute Gasteiger partial charge is 0.355 e. The van der Waals surface area contributed by atoms with Crippen molar-refractivity contribution in [2.45, 2.75) is 70.3 Å². The molecular formula is C17H33N3O. The van der Waals surface area contributed by atoms with Crippen LogP contribution < -0.4 is 11.1 Å². The smallest absolute Gasteiger partial charge is 0.220 e. The van der Waals surface area contributed by atoms with Gasteiger partial charge in [-0.05, 0) is 44.7 Å². The molecule has 3 N–H and O–H groups in total. The van der Waals surface area contributed by atoms with Gasteiger partial charge in [-0.1, -0.05) is 32.1 Å². The van der Waals surface area contributed by atoms with Crippen molar-refractivity contribution in [3.8, 4) is 0 Å². The number of likely N-dealkylation sites (N-methyl/N-ethyl adjacent to an activating group) is 1. The van der Waals surface area contributed by atoms with E-state index in [1.54, 1.807) is 0 Å². The van der Waals surface area contributed by atoms with Crippen LogP contribution in [0.5, 0.6) is 0 Å². The highest BCUT2D eigenvalue weighted by molar-refractivity contribution is 5.76.